The molecule has 0 aromatic heterocycles. The van der Waals surface area contributed by atoms with E-state index < -0.39 is 5.60 Å². The fourth-order valence-electron chi connectivity index (χ4n) is 2.18. The average molecular weight is 228 g/mol. The monoisotopic (exact) mass is 227 g/mol. The Balaban J connectivity index is 0.00000112. The Hall–Kier alpha value is -0.570. The molecule has 2 nitrogen and oxygen atoms in total. The first-order chi connectivity index (χ1) is 6.73. The molecule has 84 valence electrons. The lowest BCUT2D eigenvalue weighted by Crippen LogP contribution is -2.50. The lowest BCUT2D eigenvalue weighted by Gasteiger charge is -2.39. The fourth-order valence-corrected chi connectivity index (χ4v) is 2.18. The Morgan fingerprint density at radius 3 is 2.60 bits per heavy atom. The van der Waals surface area contributed by atoms with E-state index in [4.69, 9.17) is 0 Å². The van der Waals surface area contributed by atoms with Crippen LogP contribution in [-0.4, -0.2) is 17.7 Å². The Labute approximate surface area is 97.1 Å². The Bertz CT molecular complexity index is 304. The molecule has 0 radical (unpaired) electrons. The summed E-state index contributed by atoms with van der Waals surface area (Å²) in [5.41, 5.74) is 0.346. The number of aliphatic hydroxyl groups is 1. The van der Waals surface area contributed by atoms with Gasteiger partial charge in [0.15, 0.2) is 0 Å². The van der Waals surface area contributed by atoms with E-state index in [0.29, 0.717) is 0 Å². The number of rotatable bonds is 1. The van der Waals surface area contributed by atoms with Crippen molar-refractivity contribution in [3.63, 3.8) is 0 Å². The lowest BCUT2D eigenvalue weighted by molar-refractivity contribution is -0.0226. The van der Waals surface area contributed by atoms with E-state index in [9.17, 15) is 5.11 Å². The normalized spacial score (nSPS) is 30.7. The maximum atomic E-state index is 10.5. The van der Waals surface area contributed by atoms with E-state index in [1.165, 1.54) is 0 Å². The van der Waals surface area contributed by atoms with Crippen molar-refractivity contribution >= 4 is 12.4 Å². The van der Waals surface area contributed by atoms with Gasteiger partial charge in [0.25, 0.3) is 0 Å². The van der Waals surface area contributed by atoms with Crippen molar-refractivity contribution in [3.05, 3.63) is 35.9 Å². The summed E-state index contributed by atoms with van der Waals surface area (Å²) in [6.45, 7) is 3.06. The van der Waals surface area contributed by atoms with Crippen molar-refractivity contribution < 1.29 is 5.11 Å². The van der Waals surface area contributed by atoms with Gasteiger partial charge in [-0.3, -0.25) is 0 Å². The Morgan fingerprint density at radius 2 is 2.00 bits per heavy atom. The molecule has 0 bridgehead atoms. The smallest absolute Gasteiger partial charge is 0.105 e. The largest absolute Gasteiger partial charge is 0.384 e. The van der Waals surface area contributed by atoms with E-state index >= 15 is 0 Å². The van der Waals surface area contributed by atoms with E-state index in [1.54, 1.807) is 0 Å². The van der Waals surface area contributed by atoms with Crippen LogP contribution in [0.2, 0.25) is 0 Å². The molecule has 2 rings (SSSR count). The number of nitrogens with one attached hydrogen (secondary N) is 1. The van der Waals surface area contributed by atoms with Gasteiger partial charge in [-0.15, -0.1) is 12.4 Å². The Morgan fingerprint density at radius 1 is 1.33 bits per heavy atom. The quantitative estimate of drug-likeness (QED) is 0.770. The van der Waals surface area contributed by atoms with Gasteiger partial charge in [0.1, 0.15) is 5.60 Å². The van der Waals surface area contributed by atoms with Crippen molar-refractivity contribution in [2.75, 3.05) is 6.54 Å². The van der Waals surface area contributed by atoms with Crippen molar-refractivity contribution in [1.29, 1.82) is 0 Å². The summed E-state index contributed by atoms with van der Waals surface area (Å²) in [7, 11) is 0. The maximum Gasteiger partial charge on any atom is 0.105 e. The molecule has 3 heteroatoms. The highest BCUT2D eigenvalue weighted by atomic mass is 35.5. The van der Waals surface area contributed by atoms with Crippen molar-refractivity contribution in [2.24, 2.45) is 0 Å². The summed E-state index contributed by atoms with van der Waals surface area (Å²) < 4.78 is 0. The number of piperidine rings is 1. The predicted octanol–water partition coefficient (Wildman–Crippen LogP) is 2.07. The molecular formula is C12H18ClNO. The second-order valence-corrected chi connectivity index (χ2v) is 4.07. The first-order valence-electron chi connectivity index (χ1n) is 5.25. The van der Waals surface area contributed by atoms with Gasteiger partial charge >= 0.3 is 0 Å². The number of benzene rings is 1. The molecule has 1 aliphatic rings. The zero-order chi connectivity index (χ0) is 10.0. The van der Waals surface area contributed by atoms with Crippen LogP contribution >= 0.6 is 12.4 Å². The minimum Gasteiger partial charge on any atom is -0.384 e. The van der Waals surface area contributed by atoms with Gasteiger partial charge in [0, 0.05) is 6.04 Å². The number of halogens is 1. The van der Waals surface area contributed by atoms with E-state index in [1.807, 2.05) is 37.3 Å². The Kier molecular flexibility index (Phi) is 4.14. The standard InChI is InChI=1S/C12H17NO.ClH/c1-10-12(14,8-5-9-13-10)11-6-3-2-4-7-11;/h2-4,6-7,10,13-14H,5,8-9H2,1H3;1H. The van der Waals surface area contributed by atoms with Crippen LogP contribution in [0.25, 0.3) is 0 Å². The van der Waals surface area contributed by atoms with Crippen LogP contribution in [0.1, 0.15) is 25.3 Å². The second kappa shape index (κ2) is 4.97. The van der Waals surface area contributed by atoms with E-state index in [2.05, 4.69) is 5.32 Å². The molecule has 1 aromatic carbocycles. The minimum absolute atomic E-state index is 0. The summed E-state index contributed by atoms with van der Waals surface area (Å²) in [6.07, 6.45) is 1.89. The highest BCUT2D eigenvalue weighted by molar-refractivity contribution is 5.85. The molecule has 2 atom stereocenters. The maximum absolute atomic E-state index is 10.5. The molecule has 0 amide bonds. The van der Waals surface area contributed by atoms with Crippen LogP contribution in [0.4, 0.5) is 0 Å². The molecular weight excluding hydrogens is 210 g/mol. The highest BCUT2D eigenvalue weighted by Gasteiger charge is 2.37. The SMILES string of the molecule is CC1NCCCC1(O)c1ccccc1.Cl. The third-order valence-corrected chi connectivity index (χ3v) is 3.18. The highest BCUT2D eigenvalue weighted by Crippen LogP contribution is 2.32. The van der Waals surface area contributed by atoms with E-state index in [0.717, 1.165) is 24.9 Å². The summed E-state index contributed by atoms with van der Waals surface area (Å²) >= 11 is 0. The van der Waals surface area contributed by atoms with Gasteiger partial charge in [-0.2, -0.15) is 0 Å². The third kappa shape index (κ3) is 2.33. The number of hydrogen-bond acceptors (Lipinski definition) is 2. The molecule has 0 spiro atoms. The predicted molar refractivity (Wildman–Crippen MR) is 64.3 cm³/mol. The summed E-state index contributed by atoms with van der Waals surface area (Å²) in [6, 6.07) is 10.1. The van der Waals surface area contributed by atoms with Crippen LogP contribution in [-0.2, 0) is 5.60 Å². The first-order valence-corrected chi connectivity index (χ1v) is 5.25. The van der Waals surface area contributed by atoms with Crippen LogP contribution < -0.4 is 5.32 Å². The molecule has 1 heterocycles. The molecule has 1 aromatic rings. The summed E-state index contributed by atoms with van der Waals surface area (Å²) in [5.74, 6) is 0. The van der Waals surface area contributed by atoms with Crippen molar-refractivity contribution in [1.82, 2.24) is 5.32 Å². The zero-order valence-electron chi connectivity index (χ0n) is 8.94. The molecule has 2 unspecified atom stereocenters. The van der Waals surface area contributed by atoms with Crippen LogP contribution in [0.3, 0.4) is 0 Å². The molecule has 2 N–H and O–H groups in total. The lowest BCUT2D eigenvalue weighted by atomic mass is 9.81. The second-order valence-electron chi connectivity index (χ2n) is 4.07. The average Bonchev–Trinajstić information content (AvgIpc) is 2.24. The van der Waals surface area contributed by atoms with Crippen molar-refractivity contribution in [2.45, 2.75) is 31.4 Å². The zero-order valence-corrected chi connectivity index (χ0v) is 9.76. The summed E-state index contributed by atoms with van der Waals surface area (Å²) in [5, 5.41) is 13.9. The first kappa shape index (κ1) is 12.5. The molecule has 0 aliphatic carbocycles. The molecule has 1 aliphatic heterocycles. The van der Waals surface area contributed by atoms with Gasteiger partial charge in [-0.25, -0.2) is 0 Å². The third-order valence-electron chi connectivity index (χ3n) is 3.18. The molecule has 1 fully saturated rings. The van der Waals surface area contributed by atoms with Gasteiger partial charge in [-0.05, 0) is 31.9 Å². The van der Waals surface area contributed by atoms with Gasteiger partial charge in [0.05, 0.1) is 0 Å². The molecule has 0 saturated carbocycles. The van der Waals surface area contributed by atoms with Crippen molar-refractivity contribution in [3.8, 4) is 0 Å². The number of hydrogen-bond donors (Lipinski definition) is 2. The summed E-state index contributed by atoms with van der Waals surface area (Å²) in [4.78, 5) is 0. The van der Waals surface area contributed by atoms with Gasteiger partial charge < -0.3 is 10.4 Å². The minimum atomic E-state index is -0.681. The topological polar surface area (TPSA) is 32.3 Å². The fraction of sp³-hybridized carbons (Fsp3) is 0.500. The van der Waals surface area contributed by atoms with Crippen LogP contribution in [0.15, 0.2) is 30.3 Å². The van der Waals surface area contributed by atoms with Crippen LogP contribution in [0, 0.1) is 0 Å². The molecule has 15 heavy (non-hydrogen) atoms. The van der Waals surface area contributed by atoms with Crippen LogP contribution in [0.5, 0.6) is 0 Å². The van der Waals surface area contributed by atoms with Gasteiger partial charge in [0.2, 0.25) is 0 Å². The van der Waals surface area contributed by atoms with Gasteiger partial charge in [-0.1, -0.05) is 30.3 Å². The van der Waals surface area contributed by atoms with E-state index in [-0.39, 0.29) is 18.4 Å². The molecule has 1 saturated heterocycles.